The molecular formula is C14H19NO4. The van der Waals surface area contributed by atoms with Crippen molar-refractivity contribution in [3.8, 4) is 11.5 Å². The van der Waals surface area contributed by atoms with E-state index in [0.717, 1.165) is 26.1 Å². The van der Waals surface area contributed by atoms with Crippen LogP contribution in [0.25, 0.3) is 0 Å². The fourth-order valence-electron chi connectivity index (χ4n) is 2.27. The first-order valence-corrected chi connectivity index (χ1v) is 6.41. The van der Waals surface area contributed by atoms with Crippen molar-refractivity contribution in [2.45, 2.75) is 18.9 Å². The van der Waals surface area contributed by atoms with E-state index in [2.05, 4.69) is 0 Å². The Bertz CT molecular complexity index is 455. The number of nitrogens with zero attached hydrogens (tertiary/aromatic N) is 1. The second-order valence-electron chi connectivity index (χ2n) is 4.89. The highest BCUT2D eigenvalue weighted by Crippen LogP contribution is 2.25. The zero-order valence-corrected chi connectivity index (χ0v) is 11.0. The van der Waals surface area contributed by atoms with Crippen LogP contribution in [0, 0.1) is 0 Å². The van der Waals surface area contributed by atoms with Gasteiger partial charge in [-0.1, -0.05) is 0 Å². The molecular weight excluding hydrogens is 246 g/mol. The Morgan fingerprint density at radius 2 is 2.00 bits per heavy atom. The van der Waals surface area contributed by atoms with Crippen molar-refractivity contribution in [3.63, 3.8) is 0 Å². The van der Waals surface area contributed by atoms with Crippen LogP contribution in [0.5, 0.6) is 11.5 Å². The Morgan fingerprint density at radius 1 is 1.32 bits per heavy atom. The van der Waals surface area contributed by atoms with Crippen molar-refractivity contribution < 1.29 is 19.7 Å². The Morgan fingerprint density at radius 3 is 2.63 bits per heavy atom. The maximum absolute atomic E-state index is 12.1. The number of benzene rings is 1. The summed E-state index contributed by atoms with van der Waals surface area (Å²) in [5, 5.41) is 18.6. The first kappa shape index (κ1) is 13.8. The molecule has 0 radical (unpaired) electrons. The lowest BCUT2D eigenvalue weighted by Crippen LogP contribution is -2.39. The topological polar surface area (TPSA) is 70.0 Å². The molecule has 2 N–H and O–H groups in total. The van der Waals surface area contributed by atoms with E-state index in [4.69, 9.17) is 4.74 Å². The summed E-state index contributed by atoms with van der Waals surface area (Å²) in [6.07, 6.45) is 1.87. The van der Waals surface area contributed by atoms with Crippen LogP contribution in [-0.2, 0) is 4.74 Å². The number of ether oxygens (including phenoxy) is 1. The van der Waals surface area contributed by atoms with E-state index in [1.165, 1.54) is 18.2 Å². The third kappa shape index (κ3) is 3.45. The molecule has 0 atom stereocenters. The summed E-state index contributed by atoms with van der Waals surface area (Å²) in [4.78, 5) is 14.1. The van der Waals surface area contributed by atoms with Gasteiger partial charge < -0.3 is 14.9 Å². The SMILES string of the molecule is CN(CC(=O)c1ccc(O)c(O)c1)C1CCOCC1. The normalized spacial score (nSPS) is 16.7. The lowest BCUT2D eigenvalue weighted by atomic mass is 10.1. The molecule has 1 saturated heterocycles. The van der Waals surface area contributed by atoms with E-state index in [9.17, 15) is 15.0 Å². The lowest BCUT2D eigenvalue weighted by molar-refractivity contribution is 0.0418. The highest BCUT2D eigenvalue weighted by atomic mass is 16.5. The number of rotatable bonds is 4. The molecule has 5 heteroatoms. The Hall–Kier alpha value is -1.59. The van der Waals surface area contributed by atoms with Gasteiger partial charge in [-0.3, -0.25) is 9.69 Å². The van der Waals surface area contributed by atoms with E-state index in [1.54, 1.807) is 0 Å². The van der Waals surface area contributed by atoms with Gasteiger partial charge in [0.15, 0.2) is 17.3 Å². The first-order chi connectivity index (χ1) is 9.08. The Balaban J connectivity index is 1.97. The molecule has 0 aliphatic carbocycles. The monoisotopic (exact) mass is 265 g/mol. The van der Waals surface area contributed by atoms with Crippen molar-refractivity contribution in [3.05, 3.63) is 23.8 Å². The summed E-state index contributed by atoms with van der Waals surface area (Å²) in [7, 11) is 1.92. The molecule has 5 nitrogen and oxygen atoms in total. The number of phenols is 2. The molecule has 19 heavy (non-hydrogen) atoms. The predicted molar refractivity (Wildman–Crippen MR) is 70.6 cm³/mol. The molecule has 0 spiro atoms. The highest BCUT2D eigenvalue weighted by molar-refractivity contribution is 5.98. The van der Waals surface area contributed by atoms with Gasteiger partial charge in [-0.2, -0.15) is 0 Å². The molecule has 0 bridgehead atoms. The van der Waals surface area contributed by atoms with Gasteiger partial charge in [0.25, 0.3) is 0 Å². The number of aromatic hydroxyl groups is 2. The van der Waals surface area contributed by atoms with Crippen molar-refractivity contribution in [1.29, 1.82) is 0 Å². The zero-order chi connectivity index (χ0) is 13.8. The maximum Gasteiger partial charge on any atom is 0.176 e. The summed E-state index contributed by atoms with van der Waals surface area (Å²) in [6.45, 7) is 1.78. The molecule has 104 valence electrons. The van der Waals surface area contributed by atoms with Gasteiger partial charge in [0.1, 0.15) is 0 Å². The van der Waals surface area contributed by atoms with Gasteiger partial charge >= 0.3 is 0 Å². The number of carbonyl (C=O) groups is 1. The smallest absolute Gasteiger partial charge is 0.176 e. The van der Waals surface area contributed by atoms with Crippen LogP contribution in [0.4, 0.5) is 0 Å². The van der Waals surface area contributed by atoms with Crippen LogP contribution in [0.3, 0.4) is 0 Å². The molecule has 1 aromatic rings. The summed E-state index contributed by atoms with van der Waals surface area (Å²) >= 11 is 0. The van der Waals surface area contributed by atoms with Crippen molar-refractivity contribution >= 4 is 5.78 Å². The van der Waals surface area contributed by atoms with Crippen LogP contribution < -0.4 is 0 Å². The quantitative estimate of drug-likeness (QED) is 0.636. The minimum Gasteiger partial charge on any atom is -0.504 e. The van der Waals surface area contributed by atoms with Crippen LogP contribution in [0.15, 0.2) is 18.2 Å². The van der Waals surface area contributed by atoms with Crippen molar-refractivity contribution in [2.75, 3.05) is 26.8 Å². The molecule has 1 aliphatic rings. The molecule has 0 saturated carbocycles. The average molecular weight is 265 g/mol. The van der Waals surface area contributed by atoms with Gasteiger partial charge in [0.2, 0.25) is 0 Å². The molecule has 1 heterocycles. The molecule has 2 rings (SSSR count). The number of carbonyl (C=O) groups excluding carboxylic acids is 1. The third-order valence-electron chi connectivity index (χ3n) is 3.50. The van der Waals surface area contributed by atoms with Crippen LogP contribution in [0.1, 0.15) is 23.2 Å². The molecule has 0 unspecified atom stereocenters. The Kier molecular flexibility index (Phi) is 4.39. The van der Waals surface area contributed by atoms with E-state index >= 15 is 0 Å². The number of Topliss-reactive ketones (excluding diaryl/α,β-unsaturated/α-hetero) is 1. The third-order valence-corrected chi connectivity index (χ3v) is 3.50. The second kappa shape index (κ2) is 6.04. The second-order valence-corrected chi connectivity index (χ2v) is 4.89. The van der Waals surface area contributed by atoms with E-state index < -0.39 is 0 Å². The van der Waals surface area contributed by atoms with Crippen LogP contribution >= 0.6 is 0 Å². The number of ketones is 1. The summed E-state index contributed by atoms with van der Waals surface area (Å²) in [5.74, 6) is -0.543. The largest absolute Gasteiger partial charge is 0.504 e. The van der Waals surface area contributed by atoms with Gasteiger partial charge in [0.05, 0.1) is 6.54 Å². The van der Waals surface area contributed by atoms with E-state index in [0.29, 0.717) is 18.2 Å². The van der Waals surface area contributed by atoms with Crippen molar-refractivity contribution in [1.82, 2.24) is 4.90 Å². The molecule has 0 amide bonds. The minimum absolute atomic E-state index is 0.0655. The maximum atomic E-state index is 12.1. The molecule has 1 aromatic carbocycles. The minimum atomic E-state index is -0.264. The first-order valence-electron chi connectivity index (χ1n) is 6.41. The number of hydrogen-bond acceptors (Lipinski definition) is 5. The lowest BCUT2D eigenvalue weighted by Gasteiger charge is -2.30. The zero-order valence-electron chi connectivity index (χ0n) is 11.0. The van der Waals surface area contributed by atoms with Gasteiger partial charge in [0, 0.05) is 24.8 Å². The number of phenolic OH excluding ortho intramolecular Hbond substituents is 2. The predicted octanol–water partition coefficient (Wildman–Crippen LogP) is 1.39. The van der Waals surface area contributed by atoms with Crippen LogP contribution in [-0.4, -0.2) is 53.7 Å². The van der Waals surface area contributed by atoms with Crippen molar-refractivity contribution in [2.24, 2.45) is 0 Å². The summed E-state index contributed by atoms with van der Waals surface area (Å²) in [6, 6.07) is 4.52. The summed E-state index contributed by atoms with van der Waals surface area (Å²) in [5.41, 5.74) is 0.411. The number of likely N-dealkylation sites (N-methyl/N-ethyl adjacent to an activating group) is 1. The van der Waals surface area contributed by atoms with Gasteiger partial charge in [-0.15, -0.1) is 0 Å². The molecule has 1 fully saturated rings. The number of hydrogen-bond donors (Lipinski definition) is 2. The summed E-state index contributed by atoms with van der Waals surface area (Å²) < 4.78 is 5.30. The Labute approximate surface area is 112 Å². The standard InChI is InChI=1S/C14H19NO4/c1-15(11-4-6-19-7-5-11)9-14(18)10-2-3-12(16)13(17)8-10/h2-3,8,11,16-17H,4-7,9H2,1H3. The van der Waals surface area contributed by atoms with Crippen LogP contribution in [0.2, 0.25) is 0 Å². The van der Waals surface area contributed by atoms with E-state index in [-0.39, 0.29) is 17.3 Å². The molecule has 1 aliphatic heterocycles. The van der Waals surface area contributed by atoms with Gasteiger partial charge in [-0.25, -0.2) is 0 Å². The molecule has 0 aromatic heterocycles. The fraction of sp³-hybridized carbons (Fsp3) is 0.500. The van der Waals surface area contributed by atoms with Gasteiger partial charge in [-0.05, 0) is 38.1 Å². The fourth-order valence-corrected chi connectivity index (χ4v) is 2.27. The highest BCUT2D eigenvalue weighted by Gasteiger charge is 2.21. The average Bonchev–Trinajstić information content (AvgIpc) is 2.42. The van der Waals surface area contributed by atoms with E-state index in [1.807, 2.05) is 11.9 Å².